The maximum absolute atomic E-state index is 16.0. The Labute approximate surface area is 191 Å². The van der Waals surface area contributed by atoms with Gasteiger partial charge in [-0.05, 0) is 48.4 Å². The first-order chi connectivity index (χ1) is 15.6. The summed E-state index contributed by atoms with van der Waals surface area (Å²) in [6.45, 7) is 0.439. The average Bonchev–Trinajstić information content (AvgIpc) is 3.62. The van der Waals surface area contributed by atoms with Crippen LogP contribution in [-0.2, 0) is 20.5 Å². The van der Waals surface area contributed by atoms with E-state index < -0.39 is 33.2 Å². The quantitative estimate of drug-likeness (QED) is 0.659. The Balaban J connectivity index is 1.40. The van der Waals surface area contributed by atoms with E-state index >= 15 is 4.39 Å². The number of hydrogen-bond acceptors (Lipinski definition) is 3. The van der Waals surface area contributed by atoms with Crippen molar-refractivity contribution < 1.29 is 26.4 Å². The molecule has 1 heterocycles. The van der Waals surface area contributed by atoms with E-state index in [9.17, 15) is 22.0 Å². The van der Waals surface area contributed by atoms with Crippen molar-refractivity contribution in [1.29, 1.82) is 0 Å². The topological polar surface area (TPSA) is 66.5 Å². The van der Waals surface area contributed by atoms with Crippen molar-refractivity contribution in [1.82, 2.24) is 9.62 Å². The molecule has 5 rings (SSSR count). The van der Waals surface area contributed by atoms with Crippen LogP contribution in [0.3, 0.4) is 0 Å². The highest BCUT2D eigenvalue weighted by Gasteiger charge is 2.64. The minimum absolute atomic E-state index is 0.0737. The van der Waals surface area contributed by atoms with E-state index in [0.717, 1.165) is 31.2 Å². The predicted octanol–water partition coefficient (Wildman–Crippen LogP) is 3.75. The Morgan fingerprint density at radius 1 is 1.09 bits per heavy atom. The molecular formula is C24H25F3N2O3S. The molecule has 33 heavy (non-hydrogen) atoms. The van der Waals surface area contributed by atoms with E-state index in [-0.39, 0.29) is 47.0 Å². The summed E-state index contributed by atoms with van der Waals surface area (Å²) in [7, 11) is -3.45. The SMILES string of the molecule is CS(=O)(=O)N[C@@H](C1CC1)[C@@H]1CCN1C(=O)[C@@H]1C[C@@]1(F)c1ccccc1-c1c(F)cccc1F. The molecule has 0 aromatic heterocycles. The normalized spacial score (nSPS) is 27.7. The van der Waals surface area contributed by atoms with E-state index in [1.54, 1.807) is 17.0 Å². The molecule has 1 amide bonds. The van der Waals surface area contributed by atoms with Crippen molar-refractivity contribution in [3.05, 3.63) is 59.7 Å². The molecule has 0 bridgehead atoms. The fraction of sp³-hybridized carbons (Fsp3) is 0.458. The lowest BCUT2D eigenvalue weighted by atomic mass is 9.90. The summed E-state index contributed by atoms with van der Waals surface area (Å²) in [4.78, 5) is 14.8. The number of rotatable bonds is 7. The van der Waals surface area contributed by atoms with E-state index in [0.29, 0.717) is 13.0 Å². The van der Waals surface area contributed by atoms with Gasteiger partial charge in [-0.3, -0.25) is 4.79 Å². The second-order valence-electron chi connectivity index (χ2n) is 9.40. The molecule has 176 valence electrons. The Bertz CT molecular complexity index is 1200. The molecular weight excluding hydrogens is 453 g/mol. The van der Waals surface area contributed by atoms with E-state index in [1.165, 1.54) is 18.2 Å². The molecule has 3 fully saturated rings. The van der Waals surface area contributed by atoms with Gasteiger partial charge in [0.05, 0.1) is 17.7 Å². The van der Waals surface area contributed by atoms with Crippen LogP contribution in [-0.4, -0.2) is 44.1 Å². The van der Waals surface area contributed by atoms with Gasteiger partial charge in [0.2, 0.25) is 15.9 Å². The van der Waals surface area contributed by atoms with Crippen LogP contribution in [0.1, 0.15) is 31.2 Å². The highest BCUT2D eigenvalue weighted by molar-refractivity contribution is 7.88. The second kappa shape index (κ2) is 7.84. The van der Waals surface area contributed by atoms with Crippen LogP contribution in [0.25, 0.3) is 11.1 Å². The van der Waals surface area contributed by atoms with Crippen LogP contribution >= 0.6 is 0 Å². The van der Waals surface area contributed by atoms with Gasteiger partial charge in [-0.15, -0.1) is 0 Å². The third-order valence-electron chi connectivity index (χ3n) is 7.04. The average molecular weight is 479 g/mol. The maximum atomic E-state index is 16.0. The molecule has 1 saturated heterocycles. The molecule has 4 atom stereocenters. The van der Waals surface area contributed by atoms with Gasteiger partial charge in [-0.1, -0.05) is 30.3 Å². The molecule has 0 radical (unpaired) electrons. The fourth-order valence-corrected chi connectivity index (χ4v) is 5.93. The lowest BCUT2D eigenvalue weighted by Gasteiger charge is -2.46. The van der Waals surface area contributed by atoms with Gasteiger partial charge in [-0.2, -0.15) is 0 Å². The lowest BCUT2D eigenvalue weighted by molar-refractivity contribution is -0.142. The molecule has 2 aromatic rings. The number of sulfonamides is 1. The smallest absolute Gasteiger partial charge is 0.229 e. The molecule has 1 aliphatic heterocycles. The zero-order valence-electron chi connectivity index (χ0n) is 18.1. The minimum atomic E-state index is -3.45. The van der Waals surface area contributed by atoms with Crippen molar-refractivity contribution in [2.75, 3.05) is 12.8 Å². The second-order valence-corrected chi connectivity index (χ2v) is 11.2. The summed E-state index contributed by atoms with van der Waals surface area (Å²) in [6, 6.07) is 8.91. The first-order valence-corrected chi connectivity index (χ1v) is 13.0. The van der Waals surface area contributed by atoms with Crippen LogP contribution in [0.4, 0.5) is 13.2 Å². The number of nitrogens with zero attached hydrogens (tertiary/aromatic N) is 1. The van der Waals surface area contributed by atoms with Gasteiger partial charge in [-0.25, -0.2) is 26.3 Å². The minimum Gasteiger partial charge on any atom is -0.338 e. The van der Waals surface area contributed by atoms with Crippen molar-refractivity contribution >= 4 is 15.9 Å². The number of benzene rings is 2. The predicted molar refractivity (Wildman–Crippen MR) is 117 cm³/mol. The highest BCUT2D eigenvalue weighted by atomic mass is 32.2. The van der Waals surface area contributed by atoms with Crippen molar-refractivity contribution in [2.45, 2.75) is 43.4 Å². The number of amides is 1. The largest absolute Gasteiger partial charge is 0.338 e. The van der Waals surface area contributed by atoms with Gasteiger partial charge in [0.15, 0.2) is 0 Å². The van der Waals surface area contributed by atoms with Crippen LogP contribution in [0.15, 0.2) is 42.5 Å². The summed E-state index contributed by atoms with van der Waals surface area (Å²) in [5.41, 5.74) is -2.14. The standard InChI is InChI=1S/C24H25F3N2O3S/c1-33(31,32)28-22(14-9-10-14)20-11-12-29(20)23(30)17-13-24(17,27)16-6-3-2-5-15(16)21-18(25)7-4-8-19(21)26/h2-8,14,17,20,22,28H,9-13H2,1H3/t17-,20-,22-,24+/m0/s1. The van der Waals surface area contributed by atoms with Gasteiger partial charge < -0.3 is 4.90 Å². The summed E-state index contributed by atoms with van der Waals surface area (Å²) in [6.07, 6.45) is 3.46. The molecule has 2 aromatic carbocycles. The maximum Gasteiger partial charge on any atom is 0.229 e. The van der Waals surface area contributed by atoms with Crippen molar-refractivity contribution in [2.24, 2.45) is 11.8 Å². The number of nitrogens with one attached hydrogen (secondary N) is 1. The first-order valence-electron chi connectivity index (χ1n) is 11.1. The molecule has 9 heteroatoms. The molecule has 1 N–H and O–H groups in total. The third kappa shape index (κ3) is 4.05. The summed E-state index contributed by atoms with van der Waals surface area (Å²) >= 11 is 0. The Kier molecular flexibility index (Phi) is 5.32. The molecule has 2 saturated carbocycles. The third-order valence-corrected chi connectivity index (χ3v) is 7.74. The first kappa shape index (κ1) is 22.4. The van der Waals surface area contributed by atoms with Gasteiger partial charge >= 0.3 is 0 Å². The lowest BCUT2D eigenvalue weighted by Crippen LogP contribution is -2.62. The Morgan fingerprint density at radius 3 is 2.33 bits per heavy atom. The monoisotopic (exact) mass is 478 g/mol. The van der Waals surface area contributed by atoms with Gasteiger partial charge in [0.1, 0.15) is 17.3 Å². The fourth-order valence-electron chi connectivity index (χ4n) is 5.08. The molecule has 0 unspecified atom stereocenters. The molecule has 0 spiro atoms. The Hall–Kier alpha value is -2.39. The number of likely N-dealkylation sites (tertiary alicyclic amines) is 1. The van der Waals surface area contributed by atoms with Crippen molar-refractivity contribution in [3.8, 4) is 11.1 Å². The van der Waals surface area contributed by atoms with Gasteiger partial charge in [0.25, 0.3) is 0 Å². The van der Waals surface area contributed by atoms with Gasteiger partial charge in [0, 0.05) is 25.0 Å². The zero-order chi connectivity index (χ0) is 23.5. The molecule has 3 aliphatic rings. The summed E-state index contributed by atoms with van der Waals surface area (Å²) < 4.78 is 71.2. The van der Waals surface area contributed by atoms with E-state index in [2.05, 4.69) is 4.72 Å². The van der Waals surface area contributed by atoms with Crippen LogP contribution in [0, 0.1) is 23.5 Å². The van der Waals surface area contributed by atoms with E-state index in [4.69, 9.17) is 0 Å². The number of carbonyl (C=O) groups is 1. The Morgan fingerprint density at radius 2 is 1.76 bits per heavy atom. The summed E-state index contributed by atoms with van der Waals surface area (Å²) in [5, 5.41) is 0. The number of halogens is 3. The number of carbonyl (C=O) groups excluding carboxylic acids is 1. The molecule has 5 nitrogen and oxygen atoms in total. The summed E-state index contributed by atoms with van der Waals surface area (Å²) in [5.74, 6) is -2.75. The van der Waals surface area contributed by atoms with Crippen molar-refractivity contribution in [3.63, 3.8) is 0 Å². The number of hydrogen-bond donors (Lipinski definition) is 1. The zero-order valence-corrected chi connectivity index (χ0v) is 18.9. The highest BCUT2D eigenvalue weighted by Crippen LogP contribution is 2.59. The van der Waals surface area contributed by atoms with Crippen LogP contribution in [0.5, 0.6) is 0 Å². The molecule has 2 aliphatic carbocycles. The number of alkyl halides is 1. The van der Waals surface area contributed by atoms with Crippen LogP contribution < -0.4 is 4.72 Å². The van der Waals surface area contributed by atoms with Crippen LogP contribution in [0.2, 0.25) is 0 Å². The van der Waals surface area contributed by atoms with E-state index in [1.807, 2.05) is 0 Å².